The van der Waals surface area contributed by atoms with Crippen molar-refractivity contribution in [1.82, 2.24) is 30.0 Å². The van der Waals surface area contributed by atoms with Gasteiger partial charge in [-0.3, -0.25) is 4.79 Å². The zero-order chi connectivity index (χ0) is 21.3. The molecule has 3 aromatic heterocycles. The minimum atomic E-state index is -0.494. The van der Waals surface area contributed by atoms with Crippen molar-refractivity contribution in [1.29, 1.82) is 0 Å². The summed E-state index contributed by atoms with van der Waals surface area (Å²) in [6.45, 7) is 0. The molecule has 1 unspecified atom stereocenters. The van der Waals surface area contributed by atoms with E-state index in [1.165, 1.54) is 4.90 Å². The van der Waals surface area contributed by atoms with Crippen molar-refractivity contribution in [2.45, 2.75) is 43.7 Å². The summed E-state index contributed by atoms with van der Waals surface area (Å²) in [5.74, 6) is 1.35. The molecule has 10 heteroatoms. The first kappa shape index (κ1) is 18.7. The van der Waals surface area contributed by atoms with E-state index in [-0.39, 0.29) is 17.8 Å². The van der Waals surface area contributed by atoms with Crippen molar-refractivity contribution < 1.29 is 14.4 Å². The van der Waals surface area contributed by atoms with Crippen LogP contribution >= 0.6 is 0 Å². The van der Waals surface area contributed by atoms with Crippen molar-refractivity contribution in [3.05, 3.63) is 18.4 Å². The van der Waals surface area contributed by atoms with E-state index in [1.54, 1.807) is 26.6 Å². The van der Waals surface area contributed by atoms with Crippen LogP contribution in [0.4, 0.5) is 5.69 Å². The SMILES string of the molecule is CN(C)C(=O)c1nc(-c2cnc3[nH]cnc3c2N[C@H]2[C@@H]3CC4C[C@H]2C[C@@](O)(C4)C3)no1. The third kappa shape index (κ3) is 2.92. The Kier molecular flexibility index (Phi) is 3.92. The van der Waals surface area contributed by atoms with Gasteiger partial charge in [0.2, 0.25) is 5.82 Å². The van der Waals surface area contributed by atoms with Gasteiger partial charge in [-0.1, -0.05) is 5.16 Å². The molecule has 4 fully saturated rings. The van der Waals surface area contributed by atoms with E-state index in [0.29, 0.717) is 40.3 Å². The molecular formula is C21H25N7O3. The molecule has 0 saturated heterocycles. The number of H-pyrrole nitrogens is 1. The third-order valence-corrected chi connectivity index (χ3v) is 7.26. The first-order valence-corrected chi connectivity index (χ1v) is 10.8. The molecule has 7 rings (SSSR count). The van der Waals surface area contributed by atoms with Crippen molar-refractivity contribution in [3.8, 4) is 11.4 Å². The number of hydrogen-bond donors (Lipinski definition) is 3. The molecule has 4 bridgehead atoms. The van der Waals surface area contributed by atoms with Crippen LogP contribution in [0.15, 0.2) is 17.0 Å². The fourth-order valence-electron chi connectivity index (χ4n) is 6.20. The second-order valence-electron chi connectivity index (χ2n) is 9.63. The van der Waals surface area contributed by atoms with Gasteiger partial charge < -0.3 is 24.8 Å². The highest BCUT2D eigenvalue weighted by Gasteiger charge is 2.54. The summed E-state index contributed by atoms with van der Waals surface area (Å²) in [4.78, 5) is 29.9. The molecule has 10 nitrogen and oxygen atoms in total. The molecule has 4 aliphatic carbocycles. The molecule has 4 aliphatic rings. The molecule has 31 heavy (non-hydrogen) atoms. The molecule has 0 aromatic carbocycles. The van der Waals surface area contributed by atoms with Gasteiger partial charge in [-0.25, -0.2) is 9.97 Å². The van der Waals surface area contributed by atoms with Crippen LogP contribution in [0.25, 0.3) is 22.6 Å². The summed E-state index contributed by atoms with van der Waals surface area (Å²) >= 11 is 0. The lowest BCUT2D eigenvalue weighted by Crippen LogP contribution is -2.59. The van der Waals surface area contributed by atoms with E-state index < -0.39 is 5.60 Å². The highest BCUT2D eigenvalue weighted by Crippen LogP contribution is 2.56. The Morgan fingerprint density at radius 3 is 2.74 bits per heavy atom. The zero-order valence-corrected chi connectivity index (χ0v) is 17.5. The van der Waals surface area contributed by atoms with E-state index in [0.717, 1.165) is 37.8 Å². The van der Waals surface area contributed by atoms with Crippen molar-refractivity contribution in [2.24, 2.45) is 17.8 Å². The van der Waals surface area contributed by atoms with Crippen LogP contribution in [0.1, 0.15) is 42.8 Å². The Hall–Kier alpha value is -3.01. The lowest BCUT2D eigenvalue weighted by molar-refractivity contribution is -0.129. The number of aliphatic hydroxyl groups is 1. The number of anilines is 1. The molecule has 4 saturated carbocycles. The van der Waals surface area contributed by atoms with Crippen LogP contribution in [0.5, 0.6) is 0 Å². The normalized spacial score (nSPS) is 31.3. The lowest BCUT2D eigenvalue weighted by Gasteiger charge is -2.58. The van der Waals surface area contributed by atoms with E-state index in [2.05, 4.69) is 30.4 Å². The number of pyridine rings is 1. The maximum absolute atomic E-state index is 12.2. The number of aromatic amines is 1. The largest absolute Gasteiger partial charge is 0.390 e. The van der Waals surface area contributed by atoms with Crippen molar-refractivity contribution in [2.75, 3.05) is 19.4 Å². The van der Waals surface area contributed by atoms with Crippen LogP contribution in [-0.2, 0) is 0 Å². The fourth-order valence-corrected chi connectivity index (χ4v) is 6.20. The van der Waals surface area contributed by atoms with Crippen LogP contribution in [0.3, 0.4) is 0 Å². The van der Waals surface area contributed by atoms with E-state index in [9.17, 15) is 9.90 Å². The Balaban J connectivity index is 1.39. The molecular weight excluding hydrogens is 398 g/mol. The molecule has 5 atom stereocenters. The number of rotatable bonds is 4. The number of carbonyl (C=O) groups excluding carboxylic acids is 1. The molecule has 3 aromatic rings. The quantitative estimate of drug-likeness (QED) is 0.581. The topological polar surface area (TPSA) is 133 Å². The number of nitrogens with one attached hydrogen (secondary N) is 2. The van der Waals surface area contributed by atoms with Gasteiger partial charge >= 0.3 is 11.8 Å². The van der Waals surface area contributed by atoms with Gasteiger partial charge in [0.25, 0.3) is 0 Å². The third-order valence-electron chi connectivity index (χ3n) is 7.26. The Morgan fingerprint density at radius 1 is 1.26 bits per heavy atom. The van der Waals surface area contributed by atoms with Crippen molar-refractivity contribution >= 4 is 22.8 Å². The number of imidazole rings is 1. The van der Waals surface area contributed by atoms with E-state index >= 15 is 0 Å². The molecule has 3 heterocycles. The van der Waals surface area contributed by atoms with Gasteiger partial charge in [-0.2, -0.15) is 4.98 Å². The van der Waals surface area contributed by atoms with Crippen molar-refractivity contribution in [3.63, 3.8) is 0 Å². The average Bonchev–Trinajstić information content (AvgIpc) is 3.38. The van der Waals surface area contributed by atoms with Gasteiger partial charge in [0.15, 0.2) is 5.65 Å². The monoisotopic (exact) mass is 423 g/mol. The highest BCUT2D eigenvalue weighted by atomic mass is 16.5. The number of fused-ring (bicyclic) bond motifs is 1. The maximum Gasteiger partial charge on any atom is 0.316 e. The first-order chi connectivity index (χ1) is 14.9. The highest BCUT2D eigenvalue weighted by molar-refractivity contribution is 5.95. The summed E-state index contributed by atoms with van der Waals surface area (Å²) in [7, 11) is 3.27. The number of amides is 1. The van der Waals surface area contributed by atoms with E-state index in [1.807, 2.05) is 0 Å². The van der Waals surface area contributed by atoms with Crippen LogP contribution in [0, 0.1) is 17.8 Å². The van der Waals surface area contributed by atoms with Crippen LogP contribution in [0.2, 0.25) is 0 Å². The van der Waals surface area contributed by atoms with Crippen LogP contribution in [-0.4, -0.2) is 66.7 Å². The van der Waals surface area contributed by atoms with Gasteiger partial charge in [0.1, 0.15) is 5.52 Å². The number of carbonyl (C=O) groups is 1. The Bertz CT molecular complexity index is 1150. The predicted molar refractivity (Wildman–Crippen MR) is 111 cm³/mol. The van der Waals surface area contributed by atoms with Gasteiger partial charge in [0.05, 0.1) is 23.2 Å². The maximum atomic E-state index is 12.2. The summed E-state index contributed by atoms with van der Waals surface area (Å²) in [6, 6.07) is 0.243. The van der Waals surface area contributed by atoms with Gasteiger partial charge in [-0.15, -0.1) is 0 Å². The second-order valence-corrected chi connectivity index (χ2v) is 9.63. The van der Waals surface area contributed by atoms with E-state index in [4.69, 9.17) is 4.52 Å². The average molecular weight is 423 g/mol. The minimum Gasteiger partial charge on any atom is -0.390 e. The molecule has 1 amide bonds. The van der Waals surface area contributed by atoms with Gasteiger partial charge in [0, 0.05) is 26.3 Å². The minimum absolute atomic E-state index is 0.0649. The Labute approximate surface area is 178 Å². The predicted octanol–water partition coefficient (Wildman–Crippen LogP) is 2.06. The second kappa shape index (κ2) is 6.49. The summed E-state index contributed by atoms with van der Waals surface area (Å²) in [5.41, 5.74) is 2.32. The number of nitrogens with zero attached hydrogens (tertiary/aromatic N) is 5. The number of hydrogen-bond acceptors (Lipinski definition) is 8. The fraction of sp³-hybridized carbons (Fsp3) is 0.571. The molecule has 162 valence electrons. The lowest BCUT2D eigenvalue weighted by atomic mass is 9.52. The first-order valence-electron chi connectivity index (χ1n) is 10.8. The Morgan fingerprint density at radius 2 is 2.03 bits per heavy atom. The smallest absolute Gasteiger partial charge is 0.316 e. The standard InChI is InChI=1S/C21H25N7O3/c1-28(2)20(29)19-26-17(27-31-19)13-8-22-18-16(23-9-24-18)15(13)25-14-11-3-10-4-12(14)7-21(30,5-10)6-11/h8-12,14,30H,3-7H2,1-2H3,(H2,22,23,24,25)/t10?,11-,12+,14+,21-. The zero-order valence-electron chi connectivity index (χ0n) is 17.5. The molecule has 3 N–H and O–H groups in total. The summed E-state index contributed by atoms with van der Waals surface area (Å²) in [5, 5.41) is 18.7. The summed E-state index contributed by atoms with van der Waals surface area (Å²) in [6.07, 6.45) is 8.21. The number of aromatic nitrogens is 5. The molecule has 0 aliphatic heterocycles. The molecule has 0 spiro atoms. The summed E-state index contributed by atoms with van der Waals surface area (Å²) < 4.78 is 5.22. The molecule has 0 radical (unpaired) electrons. The van der Waals surface area contributed by atoms with Gasteiger partial charge in [-0.05, 0) is 49.9 Å². The van der Waals surface area contributed by atoms with Crippen LogP contribution < -0.4 is 5.32 Å².